The lowest BCUT2D eigenvalue weighted by molar-refractivity contribution is -0.701. The van der Waals surface area contributed by atoms with Gasteiger partial charge in [0.2, 0.25) is 11.8 Å². The number of thiazole rings is 1. The molecule has 0 aromatic carbocycles. The summed E-state index contributed by atoms with van der Waals surface area (Å²) in [6, 6.07) is 0. The van der Waals surface area contributed by atoms with Crippen molar-refractivity contribution >= 4 is 11.3 Å². The Morgan fingerprint density at radius 2 is 1.70 bits per heavy atom. The van der Waals surface area contributed by atoms with E-state index >= 15 is 0 Å². The predicted molar refractivity (Wildman–Crippen MR) is 109 cm³/mol. The van der Waals surface area contributed by atoms with Crippen LogP contribution in [0.2, 0.25) is 0 Å². The summed E-state index contributed by atoms with van der Waals surface area (Å²) in [6.45, 7) is 13.2. The zero-order valence-corrected chi connectivity index (χ0v) is 18.5. The van der Waals surface area contributed by atoms with Crippen LogP contribution in [0.3, 0.4) is 0 Å². The van der Waals surface area contributed by atoms with Gasteiger partial charge in [-0.1, -0.05) is 39.0 Å². The van der Waals surface area contributed by atoms with Crippen molar-refractivity contribution < 1.29 is 9.13 Å². The van der Waals surface area contributed by atoms with Crippen molar-refractivity contribution in [2.75, 3.05) is 0 Å². The van der Waals surface area contributed by atoms with Gasteiger partial charge in [0.1, 0.15) is 11.9 Å². The lowest BCUT2D eigenvalue weighted by Crippen LogP contribution is -2.35. The first-order valence-electron chi connectivity index (χ1n) is 9.76. The van der Waals surface area contributed by atoms with Crippen LogP contribution in [0.25, 0.3) is 0 Å². The molecule has 3 aromatic heterocycles. The van der Waals surface area contributed by atoms with Crippen LogP contribution in [0.5, 0.6) is 0 Å². The van der Waals surface area contributed by atoms with Gasteiger partial charge >= 0.3 is 0 Å². The Kier molecular flexibility index (Phi) is 5.84. The number of hydrogen-bond acceptors (Lipinski definition) is 2. The van der Waals surface area contributed by atoms with Crippen molar-refractivity contribution in [1.82, 2.24) is 14.1 Å². The van der Waals surface area contributed by atoms with E-state index in [-0.39, 0.29) is 0 Å². The Morgan fingerprint density at radius 3 is 2.30 bits per heavy atom. The van der Waals surface area contributed by atoms with Gasteiger partial charge in [0.05, 0.1) is 36.4 Å². The summed E-state index contributed by atoms with van der Waals surface area (Å²) in [6.07, 6.45) is 8.73. The van der Waals surface area contributed by atoms with Gasteiger partial charge in [-0.3, -0.25) is 0 Å². The number of hydrogen-bond donors (Lipinski definition) is 0. The fourth-order valence-electron chi connectivity index (χ4n) is 4.00. The van der Waals surface area contributed by atoms with E-state index in [0.29, 0.717) is 17.8 Å². The number of imidazole rings is 2. The number of aryl methyl sites for hydroxylation is 3. The first-order chi connectivity index (χ1) is 12.8. The van der Waals surface area contributed by atoms with Gasteiger partial charge in [0.15, 0.2) is 12.7 Å². The fourth-order valence-corrected chi connectivity index (χ4v) is 4.91. The van der Waals surface area contributed by atoms with Crippen LogP contribution in [0, 0.1) is 6.92 Å². The lowest BCUT2D eigenvalue weighted by Gasteiger charge is -2.09. The van der Waals surface area contributed by atoms with Crippen LogP contribution in [0.15, 0.2) is 30.6 Å². The van der Waals surface area contributed by atoms with Crippen LogP contribution in [-0.2, 0) is 27.2 Å². The average Bonchev–Trinajstić information content (AvgIpc) is 3.27. The van der Waals surface area contributed by atoms with Crippen molar-refractivity contribution in [2.45, 2.75) is 65.5 Å². The van der Waals surface area contributed by atoms with Crippen molar-refractivity contribution in [3.63, 3.8) is 0 Å². The minimum Gasteiger partial charge on any atom is -0.337 e. The molecule has 0 aliphatic carbocycles. The van der Waals surface area contributed by atoms with Gasteiger partial charge in [0.25, 0.3) is 0 Å². The Morgan fingerprint density at radius 1 is 1.00 bits per heavy atom. The van der Waals surface area contributed by atoms with Crippen molar-refractivity contribution in [3.8, 4) is 0 Å². The molecule has 5 nitrogen and oxygen atoms in total. The Labute approximate surface area is 166 Å². The van der Waals surface area contributed by atoms with Gasteiger partial charge in [-0.25, -0.2) is 14.1 Å². The second kappa shape index (κ2) is 7.97. The minimum absolute atomic E-state index is 0.442. The molecule has 3 aromatic rings. The van der Waals surface area contributed by atoms with E-state index < -0.39 is 0 Å². The second-order valence-electron chi connectivity index (χ2n) is 8.21. The quantitative estimate of drug-likeness (QED) is 0.571. The van der Waals surface area contributed by atoms with Gasteiger partial charge < -0.3 is 4.57 Å². The fraction of sp³-hybridized carbons (Fsp3) is 0.571. The van der Waals surface area contributed by atoms with Gasteiger partial charge in [0, 0.05) is 24.6 Å². The zero-order valence-electron chi connectivity index (χ0n) is 17.7. The summed E-state index contributed by atoms with van der Waals surface area (Å²) in [4.78, 5) is 5.87. The molecule has 146 valence electrons. The third-order valence-corrected chi connectivity index (χ3v) is 6.49. The molecule has 0 saturated carbocycles. The maximum absolute atomic E-state index is 4.43. The molecule has 27 heavy (non-hydrogen) atoms. The minimum atomic E-state index is 0.442. The van der Waals surface area contributed by atoms with E-state index in [1.807, 2.05) is 17.7 Å². The molecule has 3 heterocycles. The average molecular weight is 388 g/mol. The van der Waals surface area contributed by atoms with Crippen molar-refractivity contribution in [2.24, 2.45) is 14.1 Å². The first kappa shape index (κ1) is 19.8. The number of aromatic nitrogens is 5. The second-order valence-corrected chi connectivity index (χ2v) is 9.13. The molecule has 0 bridgehead atoms. The molecule has 0 saturated heterocycles. The topological polar surface area (TPSA) is 30.5 Å². The van der Waals surface area contributed by atoms with E-state index in [9.17, 15) is 0 Å². The first-order valence-corrected chi connectivity index (χ1v) is 10.6. The Hall–Kier alpha value is -1.95. The summed E-state index contributed by atoms with van der Waals surface area (Å²) in [5, 5.41) is 0. The third-order valence-electron chi connectivity index (χ3n) is 5.33. The molecule has 0 amide bonds. The highest BCUT2D eigenvalue weighted by molar-refractivity contribution is 7.09. The van der Waals surface area contributed by atoms with Crippen molar-refractivity contribution in [1.29, 1.82) is 0 Å². The largest absolute Gasteiger partial charge is 0.337 e. The highest BCUT2D eigenvalue weighted by Crippen LogP contribution is 2.22. The molecule has 6 heteroatoms. The van der Waals surface area contributed by atoms with E-state index in [1.54, 1.807) is 0 Å². The molecule has 0 spiro atoms. The molecular formula is C21H33N5S+2. The Balaban J connectivity index is 1.67. The van der Waals surface area contributed by atoms with E-state index in [2.05, 4.69) is 96.2 Å². The summed E-state index contributed by atoms with van der Waals surface area (Å²) >= 11 is 1.86. The summed E-state index contributed by atoms with van der Waals surface area (Å²) in [5.41, 5.74) is 6.09. The smallest absolute Gasteiger partial charge is 0.243 e. The molecule has 2 unspecified atom stereocenters. The highest BCUT2D eigenvalue weighted by Gasteiger charge is 2.22. The van der Waals surface area contributed by atoms with Crippen LogP contribution >= 0.6 is 11.3 Å². The third kappa shape index (κ3) is 4.32. The van der Waals surface area contributed by atoms with Crippen LogP contribution < -0.4 is 9.13 Å². The number of nitrogens with zero attached hydrogens (tertiary/aromatic N) is 5. The maximum Gasteiger partial charge on any atom is 0.243 e. The molecular weight excluding hydrogens is 354 g/mol. The standard InChI is InChI=1S/C21H33N5S/c1-15(2)19-10-25(13-24(19)7)8-16(3)20-11-26(14-27-20)9-17(4)21-18(5)22-12-23(21)6/h10-17H,8-9H2,1-7H3/q+2. The predicted octanol–water partition coefficient (Wildman–Crippen LogP) is 3.43. The molecule has 0 fully saturated rings. The van der Waals surface area contributed by atoms with Crippen LogP contribution in [-0.4, -0.2) is 14.1 Å². The molecule has 2 atom stereocenters. The number of rotatable bonds is 7. The monoisotopic (exact) mass is 387 g/mol. The van der Waals surface area contributed by atoms with E-state index in [1.165, 1.54) is 16.3 Å². The van der Waals surface area contributed by atoms with Gasteiger partial charge in [-0.05, 0) is 6.92 Å². The van der Waals surface area contributed by atoms with Gasteiger partial charge in [-0.2, -0.15) is 4.57 Å². The highest BCUT2D eigenvalue weighted by atomic mass is 32.1. The SMILES string of the molecule is Cc1ncn(C)c1C(C)C[n+]1csc(C(C)C[n+]2cc(C(C)C)n(C)c2)c1. The molecule has 0 radical (unpaired) electrons. The van der Waals surface area contributed by atoms with Crippen LogP contribution in [0.4, 0.5) is 0 Å². The maximum atomic E-state index is 4.43. The van der Waals surface area contributed by atoms with Gasteiger partial charge in [-0.15, -0.1) is 0 Å². The zero-order chi connectivity index (χ0) is 19.7. The summed E-state index contributed by atoms with van der Waals surface area (Å²) in [7, 11) is 4.22. The normalized spacial score (nSPS) is 14.1. The molecule has 0 aliphatic heterocycles. The lowest BCUT2D eigenvalue weighted by atomic mass is 10.1. The summed E-state index contributed by atoms with van der Waals surface area (Å²) < 4.78 is 9.05. The molecule has 3 rings (SSSR count). The van der Waals surface area contributed by atoms with E-state index in [4.69, 9.17) is 0 Å². The Bertz CT molecular complexity index is 882. The molecule has 0 aliphatic rings. The molecule has 0 N–H and O–H groups in total. The van der Waals surface area contributed by atoms with Crippen LogP contribution in [0.1, 0.15) is 67.4 Å². The van der Waals surface area contributed by atoms with E-state index in [0.717, 1.165) is 18.8 Å². The van der Waals surface area contributed by atoms with Crippen molar-refractivity contribution in [3.05, 3.63) is 52.5 Å². The summed E-state index contributed by atoms with van der Waals surface area (Å²) in [5.74, 6) is 1.49.